The van der Waals surface area contributed by atoms with Crippen LogP contribution >= 0.6 is 0 Å². The number of nitrogens with zero attached hydrogens (tertiary/aromatic N) is 1. The molecule has 0 aromatic heterocycles. The normalized spacial score (nSPS) is 16.2. The fourth-order valence-corrected chi connectivity index (χ4v) is 2.28. The third kappa shape index (κ3) is 2.42. The first-order valence-corrected chi connectivity index (χ1v) is 6.39. The van der Waals surface area contributed by atoms with Crippen molar-refractivity contribution in [3.8, 4) is 0 Å². The van der Waals surface area contributed by atoms with E-state index < -0.39 is 0 Å². The highest BCUT2D eigenvalue weighted by Gasteiger charge is 2.31. The van der Waals surface area contributed by atoms with E-state index in [4.69, 9.17) is 5.73 Å². The van der Waals surface area contributed by atoms with Gasteiger partial charge in [0.05, 0.1) is 11.4 Å². The van der Waals surface area contributed by atoms with Gasteiger partial charge in [0, 0.05) is 25.7 Å². The first kappa shape index (κ1) is 12.7. The summed E-state index contributed by atoms with van der Waals surface area (Å²) in [6, 6.07) is 5.99. The Labute approximate surface area is 108 Å². The lowest BCUT2D eigenvalue weighted by Gasteiger charge is -2.28. The van der Waals surface area contributed by atoms with E-state index in [0.29, 0.717) is 17.3 Å². The minimum atomic E-state index is -0.105. The predicted molar refractivity (Wildman–Crippen MR) is 74.8 cm³/mol. The van der Waals surface area contributed by atoms with Gasteiger partial charge in [-0.3, -0.25) is 4.79 Å². The molecule has 3 N–H and O–H groups in total. The number of anilines is 2. The molecule has 1 amide bonds. The molecule has 0 heterocycles. The van der Waals surface area contributed by atoms with Crippen molar-refractivity contribution in [2.24, 2.45) is 5.92 Å². The molecule has 1 saturated carbocycles. The van der Waals surface area contributed by atoms with Crippen LogP contribution in [0.3, 0.4) is 0 Å². The summed E-state index contributed by atoms with van der Waals surface area (Å²) < 4.78 is 0. The van der Waals surface area contributed by atoms with Gasteiger partial charge in [0.2, 0.25) is 0 Å². The van der Waals surface area contributed by atoms with Crippen LogP contribution in [-0.2, 0) is 0 Å². The maximum Gasteiger partial charge on any atom is 0.251 e. The van der Waals surface area contributed by atoms with Crippen LogP contribution in [-0.4, -0.2) is 26.0 Å². The fraction of sp³-hybridized carbons (Fsp3) is 0.500. The van der Waals surface area contributed by atoms with E-state index >= 15 is 0 Å². The topological polar surface area (TPSA) is 58.4 Å². The van der Waals surface area contributed by atoms with Gasteiger partial charge in [-0.15, -0.1) is 0 Å². The Kier molecular flexibility index (Phi) is 3.45. The minimum absolute atomic E-state index is 0.105. The monoisotopic (exact) mass is 247 g/mol. The van der Waals surface area contributed by atoms with Crippen molar-refractivity contribution >= 4 is 17.3 Å². The zero-order valence-corrected chi connectivity index (χ0v) is 11.2. The highest BCUT2D eigenvalue weighted by Crippen LogP contribution is 2.37. The average Bonchev–Trinajstić information content (AvgIpc) is 3.20. The molecule has 18 heavy (non-hydrogen) atoms. The van der Waals surface area contributed by atoms with Gasteiger partial charge in [-0.05, 0) is 43.9 Å². The second-order valence-electron chi connectivity index (χ2n) is 5.04. The van der Waals surface area contributed by atoms with Gasteiger partial charge in [-0.25, -0.2) is 0 Å². The minimum Gasteiger partial charge on any atom is -0.397 e. The van der Waals surface area contributed by atoms with Crippen molar-refractivity contribution in [3.63, 3.8) is 0 Å². The first-order chi connectivity index (χ1) is 8.54. The van der Waals surface area contributed by atoms with E-state index in [2.05, 4.69) is 24.2 Å². The molecule has 2 rings (SSSR count). The number of nitrogen functional groups attached to an aromatic ring is 1. The van der Waals surface area contributed by atoms with Gasteiger partial charge in [-0.1, -0.05) is 0 Å². The van der Waals surface area contributed by atoms with Gasteiger partial charge >= 0.3 is 0 Å². The molecule has 1 unspecified atom stereocenters. The molecule has 0 radical (unpaired) electrons. The van der Waals surface area contributed by atoms with E-state index in [1.807, 2.05) is 12.1 Å². The first-order valence-electron chi connectivity index (χ1n) is 6.39. The standard InChI is InChI=1S/C14H21N3O/c1-9(10-4-5-10)17(3)13-7-6-11(8-12(13)15)14(18)16-2/h6-10H,4-5,15H2,1-3H3,(H,16,18). The lowest BCUT2D eigenvalue weighted by Crippen LogP contribution is -2.31. The molecule has 1 fully saturated rings. The summed E-state index contributed by atoms with van der Waals surface area (Å²) in [6.07, 6.45) is 2.61. The third-order valence-corrected chi connectivity index (χ3v) is 3.81. The molecular formula is C14H21N3O. The van der Waals surface area contributed by atoms with Crippen LogP contribution in [0.5, 0.6) is 0 Å². The van der Waals surface area contributed by atoms with Crippen molar-refractivity contribution in [2.75, 3.05) is 24.7 Å². The van der Waals surface area contributed by atoms with Gasteiger partial charge in [-0.2, -0.15) is 0 Å². The molecule has 0 saturated heterocycles. The van der Waals surface area contributed by atoms with E-state index in [0.717, 1.165) is 11.6 Å². The van der Waals surface area contributed by atoms with Crippen LogP contribution in [0.2, 0.25) is 0 Å². The number of amides is 1. The zero-order valence-electron chi connectivity index (χ0n) is 11.2. The molecule has 0 aliphatic heterocycles. The Morgan fingerprint density at radius 2 is 2.17 bits per heavy atom. The van der Waals surface area contributed by atoms with Crippen molar-refractivity contribution in [1.29, 1.82) is 0 Å². The maximum atomic E-state index is 11.5. The molecule has 4 nitrogen and oxygen atoms in total. The van der Waals surface area contributed by atoms with Gasteiger partial charge in [0.25, 0.3) is 5.91 Å². The summed E-state index contributed by atoms with van der Waals surface area (Å²) in [5.41, 5.74) is 8.31. The highest BCUT2D eigenvalue weighted by atomic mass is 16.1. The van der Waals surface area contributed by atoms with Gasteiger partial charge in [0.15, 0.2) is 0 Å². The summed E-state index contributed by atoms with van der Waals surface area (Å²) >= 11 is 0. The summed E-state index contributed by atoms with van der Waals surface area (Å²) in [6.45, 7) is 2.23. The Balaban J connectivity index is 2.20. The number of hydrogen-bond donors (Lipinski definition) is 2. The number of hydrogen-bond acceptors (Lipinski definition) is 3. The molecular weight excluding hydrogens is 226 g/mol. The van der Waals surface area contributed by atoms with Crippen molar-refractivity contribution in [1.82, 2.24) is 5.32 Å². The summed E-state index contributed by atoms with van der Waals surface area (Å²) in [7, 11) is 3.68. The lowest BCUT2D eigenvalue weighted by molar-refractivity contribution is 0.0963. The Morgan fingerprint density at radius 3 is 2.67 bits per heavy atom. The van der Waals surface area contributed by atoms with Crippen molar-refractivity contribution < 1.29 is 4.79 Å². The zero-order chi connectivity index (χ0) is 13.3. The molecule has 1 aliphatic rings. The third-order valence-electron chi connectivity index (χ3n) is 3.81. The van der Waals surface area contributed by atoms with Crippen LogP contribution in [0.4, 0.5) is 11.4 Å². The van der Waals surface area contributed by atoms with Crippen LogP contribution in [0.25, 0.3) is 0 Å². The van der Waals surface area contributed by atoms with Crippen molar-refractivity contribution in [3.05, 3.63) is 23.8 Å². The van der Waals surface area contributed by atoms with E-state index in [1.54, 1.807) is 13.1 Å². The average molecular weight is 247 g/mol. The van der Waals surface area contributed by atoms with E-state index in [1.165, 1.54) is 12.8 Å². The number of benzene rings is 1. The molecule has 0 spiro atoms. The molecule has 0 bridgehead atoms. The molecule has 1 aromatic rings. The SMILES string of the molecule is CNC(=O)c1ccc(N(C)C(C)C2CC2)c(N)c1. The van der Waals surface area contributed by atoms with Crippen molar-refractivity contribution in [2.45, 2.75) is 25.8 Å². The van der Waals surface area contributed by atoms with Crippen LogP contribution in [0.1, 0.15) is 30.1 Å². The van der Waals surface area contributed by atoms with E-state index in [9.17, 15) is 4.79 Å². The predicted octanol–water partition coefficient (Wildman–Crippen LogP) is 1.86. The molecule has 1 atom stereocenters. The number of carbonyl (C=O) groups excluding carboxylic acids is 1. The van der Waals surface area contributed by atoms with Crippen LogP contribution in [0.15, 0.2) is 18.2 Å². The van der Waals surface area contributed by atoms with Gasteiger partial charge in [0.1, 0.15) is 0 Å². The molecule has 4 heteroatoms. The fourth-order valence-electron chi connectivity index (χ4n) is 2.28. The van der Waals surface area contributed by atoms with Crippen LogP contribution in [0, 0.1) is 5.92 Å². The summed E-state index contributed by atoms with van der Waals surface area (Å²) in [5, 5.41) is 2.60. The van der Waals surface area contributed by atoms with Gasteiger partial charge < -0.3 is 16.0 Å². The lowest BCUT2D eigenvalue weighted by atomic mass is 10.1. The molecule has 1 aromatic carbocycles. The molecule has 1 aliphatic carbocycles. The second-order valence-corrected chi connectivity index (χ2v) is 5.04. The molecule has 98 valence electrons. The smallest absolute Gasteiger partial charge is 0.251 e. The quantitative estimate of drug-likeness (QED) is 0.798. The number of rotatable bonds is 4. The number of nitrogens with two attached hydrogens (primary N) is 1. The van der Waals surface area contributed by atoms with E-state index in [-0.39, 0.29) is 5.91 Å². The Hall–Kier alpha value is -1.71. The van der Waals surface area contributed by atoms with Crippen LogP contribution < -0.4 is 16.0 Å². The number of nitrogens with one attached hydrogen (secondary N) is 1. The Bertz CT molecular complexity index is 454. The Morgan fingerprint density at radius 1 is 1.50 bits per heavy atom. The maximum absolute atomic E-state index is 11.5. The highest BCUT2D eigenvalue weighted by molar-refractivity contribution is 5.96. The second kappa shape index (κ2) is 4.88. The largest absolute Gasteiger partial charge is 0.397 e. The summed E-state index contributed by atoms with van der Waals surface area (Å²) in [4.78, 5) is 13.7. The summed E-state index contributed by atoms with van der Waals surface area (Å²) in [5.74, 6) is 0.680. The number of carbonyl (C=O) groups is 1.